The zero-order chi connectivity index (χ0) is 14.3. The van der Waals surface area contributed by atoms with Gasteiger partial charge in [-0.15, -0.1) is 0 Å². The second-order valence-corrected chi connectivity index (χ2v) is 4.51. The second kappa shape index (κ2) is 7.53. The lowest BCUT2D eigenvalue weighted by atomic mass is 10.1. The predicted molar refractivity (Wildman–Crippen MR) is 73.9 cm³/mol. The number of nitrogens with two attached hydrogens (primary N) is 1. The molecule has 0 spiro atoms. The normalized spacial score (nSPS) is 11.9. The number of rotatable bonds is 7. The van der Waals surface area contributed by atoms with E-state index < -0.39 is 5.97 Å². The molecule has 1 unspecified atom stereocenters. The molecule has 1 aromatic rings. The van der Waals surface area contributed by atoms with Gasteiger partial charge in [0.05, 0.1) is 0 Å². The number of carbonyl (C=O) groups excluding carboxylic acids is 1. The minimum Gasteiger partial charge on any atom is -0.481 e. The first-order valence-corrected chi connectivity index (χ1v) is 6.37. The molecule has 0 saturated heterocycles. The average Bonchev–Trinajstić information content (AvgIpc) is 2.36. The molecule has 0 aliphatic heterocycles. The molecular formula is C14H20N2O3. The minimum absolute atomic E-state index is 0.0815. The fourth-order valence-electron chi connectivity index (χ4n) is 1.65. The molecule has 1 amide bonds. The summed E-state index contributed by atoms with van der Waals surface area (Å²) in [5.41, 5.74) is 7.28. The predicted octanol–water partition coefficient (Wildman–Crippen LogP) is 1.77. The molecule has 0 aliphatic carbocycles. The Hall–Kier alpha value is -1.88. The van der Waals surface area contributed by atoms with E-state index in [0.717, 1.165) is 12.0 Å². The van der Waals surface area contributed by atoms with Crippen molar-refractivity contribution in [3.63, 3.8) is 0 Å². The van der Waals surface area contributed by atoms with E-state index in [2.05, 4.69) is 5.32 Å². The summed E-state index contributed by atoms with van der Waals surface area (Å²) < 4.78 is 0. The Morgan fingerprint density at radius 3 is 2.79 bits per heavy atom. The molecule has 1 aromatic carbocycles. The smallest absolute Gasteiger partial charge is 0.303 e. The van der Waals surface area contributed by atoms with Crippen LogP contribution in [0.25, 0.3) is 0 Å². The summed E-state index contributed by atoms with van der Waals surface area (Å²) in [7, 11) is 0. The number of aryl methyl sites for hydroxylation is 1. The number of amides is 1. The van der Waals surface area contributed by atoms with Crippen molar-refractivity contribution in [2.24, 2.45) is 5.73 Å². The molecule has 5 heteroatoms. The van der Waals surface area contributed by atoms with Gasteiger partial charge in [0.1, 0.15) is 0 Å². The number of anilines is 1. The largest absolute Gasteiger partial charge is 0.481 e. The lowest BCUT2D eigenvalue weighted by molar-refractivity contribution is -0.137. The maximum Gasteiger partial charge on any atom is 0.303 e. The summed E-state index contributed by atoms with van der Waals surface area (Å²) in [4.78, 5) is 22.2. The Morgan fingerprint density at radius 1 is 1.42 bits per heavy atom. The standard InChI is InChI=1S/C14H20N2O3/c1-2-11(15)9-13(17)16-12-5-3-4-10(8-12)6-7-14(18)19/h3-5,8,11H,2,6-7,9,15H2,1H3,(H,16,17)(H,18,19). The van der Waals surface area contributed by atoms with Crippen LogP contribution >= 0.6 is 0 Å². The Bertz CT molecular complexity index is 446. The van der Waals surface area contributed by atoms with E-state index in [9.17, 15) is 9.59 Å². The number of carboxylic acid groups (broad SMARTS) is 1. The van der Waals surface area contributed by atoms with Crippen molar-refractivity contribution in [2.75, 3.05) is 5.32 Å². The van der Waals surface area contributed by atoms with E-state index in [1.165, 1.54) is 0 Å². The van der Waals surface area contributed by atoms with E-state index in [1.807, 2.05) is 13.0 Å². The summed E-state index contributed by atoms with van der Waals surface area (Å²) in [6, 6.07) is 7.08. The van der Waals surface area contributed by atoms with Gasteiger partial charge >= 0.3 is 5.97 Å². The molecule has 0 bridgehead atoms. The van der Waals surface area contributed by atoms with Crippen molar-refractivity contribution in [1.82, 2.24) is 0 Å². The SMILES string of the molecule is CCC(N)CC(=O)Nc1cccc(CCC(=O)O)c1. The van der Waals surface area contributed by atoms with E-state index in [-0.39, 0.29) is 24.8 Å². The Labute approximate surface area is 112 Å². The molecule has 5 nitrogen and oxygen atoms in total. The summed E-state index contributed by atoms with van der Waals surface area (Å²) in [5, 5.41) is 11.4. The van der Waals surface area contributed by atoms with Gasteiger partial charge in [0, 0.05) is 24.6 Å². The lowest BCUT2D eigenvalue weighted by Gasteiger charge is -2.10. The van der Waals surface area contributed by atoms with Crippen LogP contribution in [0.3, 0.4) is 0 Å². The molecule has 0 heterocycles. The highest BCUT2D eigenvalue weighted by molar-refractivity contribution is 5.91. The third-order valence-corrected chi connectivity index (χ3v) is 2.81. The summed E-state index contributed by atoms with van der Waals surface area (Å²) in [6.07, 6.45) is 1.58. The second-order valence-electron chi connectivity index (χ2n) is 4.51. The van der Waals surface area contributed by atoms with Crippen LogP contribution in [0.4, 0.5) is 5.69 Å². The van der Waals surface area contributed by atoms with Gasteiger partial charge in [-0.25, -0.2) is 0 Å². The van der Waals surface area contributed by atoms with Crippen LogP contribution in [0, 0.1) is 0 Å². The zero-order valence-corrected chi connectivity index (χ0v) is 11.1. The number of benzene rings is 1. The van der Waals surface area contributed by atoms with Crippen molar-refractivity contribution in [1.29, 1.82) is 0 Å². The number of hydrogen-bond donors (Lipinski definition) is 3. The fraction of sp³-hybridized carbons (Fsp3) is 0.429. The van der Waals surface area contributed by atoms with Gasteiger partial charge in [-0.05, 0) is 30.5 Å². The highest BCUT2D eigenvalue weighted by Crippen LogP contribution is 2.13. The fourth-order valence-corrected chi connectivity index (χ4v) is 1.65. The number of aliphatic carboxylic acids is 1. The number of carbonyl (C=O) groups is 2. The molecule has 0 aromatic heterocycles. The molecule has 0 aliphatic rings. The topological polar surface area (TPSA) is 92.4 Å². The average molecular weight is 264 g/mol. The van der Waals surface area contributed by atoms with Gasteiger partial charge in [-0.3, -0.25) is 9.59 Å². The summed E-state index contributed by atoms with van der Waals surface area (Å²) in [6.45, 7) is 1.93. The van der Waals surface area contributed by atoms with Gasteiger partial charge in [-0.2, -0.15) is 0 Å². The summed E-state index contributed by atoms with van der Waals surface area (Å²) >= 11 is 0. The lowest BCUT2D eigenvalue weighted by Crippen LogP contribution is -2.26. The monoisotopic (exact) mass is 264 g/mol. The maximum atomic E-state index is 11.7. The Morgan fingerprint density at radius 2 is 2.16 bits per heavy atom. The molecule has 0 radical (unpaired) electrons. The summed E-state index contributed by atoms with van der Waals surface area (Å²) in [5.74, 6) is -0.951. The van der Waals surface area contributed by atoms with E-state index in [0.29, 0.717) is 12.1 Å². The van der Waals surface area contributed by atoms with Crippen molar-refractivity contribution in [2.45, 2.75) is 38.6 Å². The molecule has 0 saturated carbocycles. The number of hydrogen-bond acceptors (Lipinski definition) is 3. The molecule has 1 rings (SSSR count). The molecular weight excluding hydrogens is 244 g/mol. The van der Waals surface area contributed by atoms with E-state index in [4.69, 9.17) is 10.8 Å². The minimum atomic E-state index is -0.830. The molecule has 1 atom stereocenters. The Balaban J connectivity index is 2.56. The first-order chi connectivity index (χ1) is 9.01. The third-order valence-electron chi connectivity index (χ3n) is 2.81. The highest BCUT2D eigenvalue weighted by atomic mass is 16.4. The van der Waals surface area contributed by atoms with Crippen molar-refractivity contribution >= 4 is 17.6 Å². The van der Waals surface area contributed by atoms with Crippen LogP contribution in [0.1, 0.15) is 31.7 Å². The van der Waals surface area contributed by atoms with Crippen LogP contribution in [0.5, 0.6) is 0 Å². The van der Waals surface area contributed by atoms with Crippen LogP contribution in [0.15, 0.2) is 24.3 Å². The molecule has 19 heavy (non-hydrogen) atoms. The van der Waals surface area contributed by atoms with Crippen molar-refractivity contribution in [3.05, 3.63) is 29.8 Å². The zero-order valence-electron chi connectivity index (χ0n) is 11.1. The van der Waals surface area contributed by atoms with Gasteiger partial charge in [0.2, 0.25) is 5.91 Å². The van der Waals surface area contributed by atoms with Crippen LogP contribution in [-0.4, -0.2) is 23.0 Å². The van der Waals surface area contributed by atoms with E-state index in [1.54, 1.807) is 18.2 Å². The van der Waals surface area contributed by atoms with Gasteiger partial charge < -0.3 is 16.2 Å². The van der Waals surface area contributed by atoms with Crippen LogP contribution < -0.4 is 11.1 Å². The third kappa shape index (κ3) is 6.01. The first kappa shape index (κ1) is 15.2. The quantitative estimate of drug-likeness (QED) is 0.699. The van der Waals surface area contributed by atoms with Crippen molar-refractivity contribution in [3.8, 4) is 0 Å². The molecule has 4 N–H and O–H groups in total. The number of nitrogens with one attached hydrogen (secondary N) is 1. The van der Waals surface area contributed by atoms with Gasteiger partial charge in [-0.1, -0.05) is 19.1 Å². The van der Waals surface area contributed by atoms with Crippen LogP contribution in [-0.2, 0) is 16.0 Å². The highest BCUT2D eigenvalue weighted by Gasteiger charge is 2.08. The van der Waals surface area contributed by atoms with Crippen molar-refractivity contribution < 1.29 is 14.7 Å². The molecule has 104 valence electrons. The van der Waals surface area contributed by atoms with Gasteiger partial charge in [0.25, 0.3) is 0 Å². The van der Waals surface area contributed by atoms with Gasteiger partial charge in [0.15, 0.2) is 0 Å². The number of carboxylic acids is 1. The van der Waals surface area contributed by atoms with E-state index >= 15 is 0 Å². The maximum absolute atomic E-state index is 11.7. The van der Waals surface area contributed by atoms with Crippen LogP contribution in [0.2, 0.25) is 0 Å². The Kier molecular flexibility index (Phi) is 6.02. The first-order valence-electron chi connectivity index (χ1n) is 6.37. The molecule has 0 fully saturated rings.